The van der Waals surface area contributed by atoms with Gasteiger partial charge < -0.3 is 14.6 Å². The number of carbonyl (C=O) groups excluding carboxylic acids is 1. The summed E-state index contributed by atoms with van der Waals surface area (Å²) >= 11 is 6.02. The molecule has 1 aliphatic heterocycles. The number of fused-ring (bicyclic) bond motifs is 1. The summed E-state index contributed by atoms with van der Waals surface area (Å²) in [5.41, 5.74) is 1.54. The summed E-state index contributed by atoms with van der Waals surface area (Å²) in [7, 11) is 0. The van der Waals surface area contributed by atoms with Gasteiger partial charge in [0.25, 0.3) is 5.91 Å². The minimum Gasteiger partial charge on any atom is -0.451 e. The molecule has 130 valence electrons. The van der Waals surface area contributed by atoms with Crippen LogP contribution in [0.15, 0.2) is 22.6 Å². The van der Waals surface area contributed by atoms with E-state index < -0.39 is 0 Å². The van der Waals surface area contributed by atoms with E-state index in [1.807, 2.05) is 13.0 Å². The third kappa shape index (κ3) is 3.76. The molecular formula is C19H25ClN2O2. The second-order valence-corrected chi connectivity index (χ2v) is 7.12. The number of carbonyl (C=O) groups is 1. The molecule has 5 heteroatoms. The van der Waals surface area contributed by atoms with Crippen LogP contribution in [0.1, 0.15) is 48.7 Å². The van der Waals surface area contributed by atoms with E-state index in [9.17, 15) is 4.79 Å². The number of nitrogens with one attached hydrogen (secondary N) is 1. The maximum Gasteiger partial charge on any atom is 0.287 e. The molecule has 0 radical (unpaired) electrons. The van der Waals surface area contributed by atoms with Crippen LogP contribution in [-0.2, 0) is 0 Å². The van der Waals surface area contributed by atoms with Crippen LogP contribution in [0, 0.1) is 6.92 Å². The number of halogens is 1. The van der Waals surface area contributed by atoms with Crippen molar-refractivity contribution in [2.45, 2.75) is 45.6 Å². The first-order valence-corrected chi connectivity index (χ1v) is 9.15. The topological polar surface area (TPSA) is 45.5 Å². The van der Waals surface area contributed by atoms with Crippen molar-refractivity contribution in [1.29, 1.82) is 0 Å². The second-order valence-electron chi connectivity index (χ2n) is 6.69. The number of hydrogen-bond donors (Lipinski definition) is 1. The van der Waals surface area contributed by atoms with Gasteiger partial charge in [-0.25, -0.2) is 0 Å². The molecule has 1 atom stereocenters. The number of aryl methyl sites for hydroxylation is 1. The molecule has 0 aliphatic carbocycles. The molecule has 1 unspecified atom stereocenters. The lowest BCUT2D eigenvalue weighted by molar-refractivity contribution is 0.0922. The van der Waals surface area contributed by atoms with Crippen molar-refractivity contribution in [3.8, 4) is 0 Å². The average Bonchev–Trinajstić information content (AvgIpc) is 2.89. The van der Waals surface area contributed by atoms with Gasteiger partial charge in [0.05, 0.1) is 0 Å². The van der Waals surface area contributed by atoms with Crippen LogP contribution in [0.4, 0.5) is 0 Å². The SMILES string of the molecule is Cc1c(C(=O)NCCCN2CCCCC2C)oc2ccc(Cl)cc12. The molecule has 1 aliphatic rings. The molecule has 1 aromatic heterocycles. The minimum absolute atomic E-state index is 0.147. The van der Waals surface area contributed by atoms with Crippen LogP contribution in [0.5, 0.6) is 0 Å². The molecule has 1 aromatic carbocycles. The van der Waals surface area contributed by atoms with E-state index in [2.05, 4.69) is 17.1 Å². The number of hydrogen-bond acceptors (Lipinski definition) is 3. The highest BCUT2D eigenvalue weighted by atomic mass is 35.5. The molecule has 0 bridgehead atoms. The van der Waals surface area contributed by atoms with Gasteiger partial charge >= 0.3 is 0 Å². The van der Waals surface area contributed by atoms with E-state index >= 15 is 0 Å². The summed E-state index contributed by atoms with van der Waals surface area (Å²) in [6, 6.07) is 6.08. The number of furan rings is 1. The molecule has 2 aromatic rings. The molecule has 1 fully saturated rings. The molecule has 0 saturated carbocycles. The van der Waals surface area contributed by atoms with Gasteiger partial charge in [-0.2, -0.15) is 0 Å². The van der Waals surface area contributed by atoms with Gasteiger partial charge in [-0.15, -0.1) is 0 Å². The van der Waals surface area contributed by atoms with Gasteiger partial charge in [0.1, 0.15) is 5.58 Å². The zero-order valence-electron chi connectivity index (χ0n) is 14.4. The first kappa shape index (κ1) is 17.3. The molecule has 1 saturated heterocycles. The lowest BCUT2D eigenvalue weighted by Crippen LogP contribution is -2.39. The smallest absolute Gasteiger partial charge is 0.287 e. The Kier molecular flexibility index (Phi) is 5.47. The Morgan fingerprint density at radius 2 is 2.25 bits per heavy atom. The Bertz CT molecular complexity index is 725. The maximum atomic E-state index is 12.4. The lowest BCUT2D eigenvalue weighted by Gasteiger charge is -2.33. The Balaban J connectivity index is 1.54. The summed E-state index contributed by atoms with van der Waals surface area (Å²) in [6.45, 7) is 7.07. The Labute approximate surface area is 148 Å². The highest BCUT2D eigenvalue weighted by molar-refractivity contribution is 6.31. The van der Waals surface area contributed by atoms with Crippen molar-refractivity contribution < 1.29 is 9.21 Å². The van der Waals surface area contributed by atoms with Gasteiger partial charge in [0, 0.05) is 35.1 Å². The number of amides is 1. The van der Waals surface area contributed by atoms with Crippen molar-refractivity contribution >= 4 is 28.5 Å². The van der Waals surface area contributed by atoms with E-state index in [1.165, 1.54) is 25.8 Å². The highest BCUT2D eigenvalue weighted by Gasteiger charge is 2.19. The van der Waals surface area contributed by atoms with Gasteiger partial charge in [0.15, 0.2) is 5.76 Å². The molecule has 24 heavy (non-hydrogen) atoms. The van der Waals surface area contributed by atoms with Crippen LogP contribution in [-0.4, -0.2) is 36.5 Å². The molecule has 1 N–H and O–H groups in total. The van der Waals surface area contributed by atoms with E-state index in [1.54, 1.807) is 12.1 Å². The van der Waals surface area contributed by atoms with E-state index in [0.717, 1.165) is 23.9 Å². The van der Waals surface area contributed by atoms with Gasteiger partial charge in [-0.05, 0) is 57.9 Å². The van der Waals surface area contributed by atoms with Crippen LogP contribution in [0.25, 0.3) is 11.0 Å². The summed E-state index contributed by atoms with van der Waals surface area (Å²) in [5.74, 6) is 0.241. The number of piperidine rings is 1. The van der Waals surface area contributed by atoms with Crippen molar-refractivity contribution in [2.75, 3.05) is 19.6 Å². The zero-order valence-corrected chi connectivity index (χ0v) is 15.2. The quantitative estimate of drug-likeness (QED) is 0.815. The average molecular weight is 349 g/mol. The first-order chi connectivity index (χ1) is 11.6. The van der Waals surface area contributed by atoms with Crippen molar-refractivity contribution in [3.05, 3.63) is 34.5 Å². The third-order valence-electron chi connectivity index (χ3n) is 4.95. The Morgan fingerprint density at radius 1 is 1.42 bits per heavy atom. The van der Waals surface area contributed by atoms with E-state index in [0.29, 0.717) is 29.0 Å². The van der Waals surface area contributed by atoms with Crippen LogP contribution < -0.4 is 5.32 Å². The number of nitrogens with zero attached hydrogens (tertiary/aromatic N) is 1. The van der Waals surface area contributed by atoms with Crippen molar-refractivity contribution in [3.63, 3.8) is 0 Å². The van der Waals surface area contributed by atoms with Gasteiger partial charge in [-0.1, -0.05) is 18.0 Å². The Morgan fingerprint density at radius 3 is 3.04 bits per heavy atom. The second kappa shape index (κ2) is 7.58. The third-order valence-corrected chi connectivity index (χ3v) is 5.19. The predicted molar refractivity (Wildman–Crippen MR) is 97.8 cm³/mol. The number of benzene rings is 1. The molecule has 1 amide bonds. The monoisotopic (exact) mass is 348 g/mol. The summed E-state index contributed by atoms with van der Waals surface area (Å²) in [4.78, 5) is 14.9. The molecule has 4 nitrogen and oxygen atoms in total. The van der Waals surface area contributed by atoms with Gasteiger partial charge in [-0.3, -0.25) is 4.79 Å². The lowest BCUT2D eigenvalue weighted by atomic mass is 10.0. The fourth-order valence-corrected chi connectivity index (χ4v) is 3.64. The Hall–Kier alpha value is -1.52. The standard InChI is InChI=1S/C19H25ClN2O2/c1-13-6-3-4-10-22(13)11-5-9-21-19(23)18-14(2)16-12-15(20)7-8-17(16)24-18/h7-8,12-13H,3-6,9-11H2,1-2H3,(H,21,23). The van der Waals surface area contributed by atoms with Crippen LogP contribution in [0.2, 0.25) is 5.02 Å². The molecule has 2 heterocycles. The first-order valence-electron chi connectivity index (χ1n) is 8.77. The zero-order chi connectivity index (χ0) is 17.1. The number of likely N-dealkylation sites (tertiary alicyclic amines) is 1. The van der Waals surface area contributed by atoms with Crippen molar-refractivity contribution in [1.82, 2.24) is 10.2 Å². The normalized spacial score (nSPS) is 18.9. The van der Waals surface area contributed by atoms with Crippen molar-refractivity contribution in [2.24, 2.45) is 0 Å². The predicted octanol–water partition coefficient (Wildman–Crippen LogP) is 4.39. The molecule has 0 spiro atoms. The van der Waals surface area contributed by atoms with E-state index in [4.69, 9.17) is 16.0 Å². The highest BCUT2D eigenvalue weighted by Crippen LogP contribution is 2.27. The molecular weight excluding hydrogens is 324 g/mol. The van der Waals surface area contributed by atoms with Gasteiger partial charge in [0.2, 0.25) is 0 Å². The summed E-state index contributed by atoms with van der Waals surface area (Å²) in [5, 5.41) is 4.52. The van der Waals surface area contributed by atoms with Crippen LogP contribution in [0.3, 0.4) is 0 Å². The summed E-state index contributed by atoms with van der Waals surface area (Å²) in [6.07, 6.45) is 4.87. The largest absolute Gasteiger partial charge is 0.451 e. The summed E-state index contributed by atoms with van der Waals surface area (Å²) < 4.78 is 5.70. The molecule has 3 rings (SSSR count). The van der Waals surface area contributed by atoms with E-state index in [-0.39, 0.29) is 5.91 Å². The number of rotatable bonds is 5. The minimum atomic E-state index is -0.147. The van der Waals surface area contributed by atoms with Crippen LogP contribution >= 0.6 is 11.6 Å². The maximum absolute atomic E-state index is 12.4. The fraction of sp³-hybridized carbons (Fsp3) is 0.526. The fourth-order valence-electron chi connectivity index (χ4n) is 3.46.